The summed E-state index contributed by atoms with van der Waals surface area (Å²) >= 11 is 0. The number of aryl methyl sites for hydroxylation is 1. The monoisotopic (exact) mass is 315 g/mol. The summed E-state index contributed by atoms with van der Waals surface area (Å²) in [6, 6.07) is 9.93. The van der Waals surface area contributed by atoms with Gasteiger partial charge in [-0.15, -0.1) is 0 Å². The van der Waals surface area contributed by atoms with Crippen molar-refractivity contribution in [2.24, 2.45) is 7.05 Å². The maximum absolute atomic E-state index is 12.3. The Hall–Kier alpha value is -2.18. The number of hydrogen-bond donors (Lipinski definition) is 1. The van der Waals surface area contributed by atoms with E-state index in [2.05, 4.69) is 10.4 Å². The first-order chi connectivity index (χ1) is 11.2. The number of benzene rings is 1. The van der Waals surface area contributed by atoms with Crippen molar-refractivity contribution < 1.29 is 14.3 Å². The topological polar surface area (TPSA) is 65.4 Å². The van der Waals surface area contributed by atoms with Crippen molar-refractivity contribution >= 4 is 5.91 Å². The predicted octanol–water partition coefficient (Wildman–Crippen LogP) is 1.52. The van der Waals surface area contributed by atoms with Crippen LogP contribution in [0.4, 0.5) is 0 Å². The second-order valence-electron chi connectivity index (χ2n) is 5.68. The molecular weight excluding hydrogens is 294 g/mol. The van der Waals surface area contributed by atoms with Crippen molar-refractivity contribution in [1.29, 1.82) is 0 Å². The molecule has 3 rings (SSSR count). The van der Waals surface area contributed by atoms with Gasteiger partial charge in [0.1, 0.15) is 6.10 Å². The van der Waals surface area contributed by atoms with Gasteiger partial charge in [-0.05, 0) is 12.0 Å². The molecule has 0 bridgehead atoms. The minimum absolute atomic E-state index is 0.0554. The summed E-state index contributed by atoms with van der Waals surface area (Å²) in [5, 5.41) is 7.06. The molecule has 122 valence electrons. The van der Waals surface area contributed by atoms with Crippen LogP contribution >= 0.6 is 0 Å². The molecule has 6 heteroatoms. The third-order valence-electron chi connectivity index (χ3n) is 3.89. The Morgan fingerprint density at radius 3 is 3.00 bits per heavy atom. The molecule has 1 amide bonds. The van der Waals surface area contributed by atoms with Crippen molar-refractivity contribution in [3.05, 3.63) is 53.9 Å². The number of carbonyl (C=O) groups excluding carboxylic acids is 1. The van der Waals surface area contributed by atoms with Crippen molar-refractivity contribution in [2.45, 2.75) is 25.2 Å². The van der Waals surface area contributed by atoms with Crippen LogP contribution in [0.3, 0.4) is 0 Å². The normalized spacial score (nSPS) is 21.1. The highest BCUT2D eigenvalue weighted by atomic mass is 16.5. The largest absolute Gasteiger partial charge is 0.379 e. The van der Waals surface area contributed by atoms with Crippen molar-refractivity contribution in [2.75, 3.05) is 13.2 Å². The Labute approximate surface area is 135 Å². The van der Waals surface area contributed by atoms with Gasteiger partial charge in [0.15, 0.2) is 0 Å². The number of hydrogen-bond acceptors (Lipinski definition) is 4. The molecule has 0 radical (unpaired) electrons. The van der Waals surface area contributed by atoms with Gasteiger partial charge in [0.05, 0.1) is 31.0 Å². The second-order valence-corrected chi connectivity index (χ2v) is 5.68. The molecule has 1 aromatic heterocycles. The molecular formula is C17H21N3O3. The summed E-state index contributed by atoms with van der Waals surface area (Å²) in [6.07, 6.45) is 3.86. The van der Waals surface area contributed by atoms with E-state index in [0.717, 1.165) is 12.0 Å². The Morgan fingerprint density at radius 1 is 1.43 bits per heavy atom. The van der Waals surface area contributed by atoms with Crippen LogP contribution in [-0.2, 0) is 23.1 Å². The fourth-order valence-electron chi connectivity index (χ4n) is 2.61. The lowest BCUT2D eigenvalue weighted by Gasteiger charge is -2.32. The van der Waals surface area contributed by atoms with Crippen molar-refractivity contribution in [3.8, 4) is 0 Å². The number of carbonyl (C=O) groups is 1. The lowest BCUT2D eigenvalue weighted by Crippen LogP contribution is -2.49. The van der Waals surface area contributed by atoms with Gasteiger partial charge < -0.3 is 14.8 Å². The molecule has 2 atom stereocenters. The predicted molar refractivity (Wildman–Crippen MR) is 84.9 cm³/mol. The molecule has 2 aromatic rings. The van der Waals surface area contributed by atoms with Gasteiger partial charge in [-0.25, -0.2) is 0 Å². The molecule has 1 aliphatic heterocycles. The lowest BCUT2D eigenvalue weighted by molar-refractivity contribution is -0.0736. The van der Waals surface area contributed by atoms with E-state index in [1.54, 1.807) is 24.1 Å². The van der Waals surface area contributed by atoms with Gasteiger partial charge >= 0.3 is 0 Å². The van der Waals surface area contributed by atoms with Crippen LogP contribution < -0.4 is 5.32 Å². The van der Waals surface area contributed by atoms with Crippen LogP contribution in [0.15, 0.2) is 42.7 Å². The Bertz CT molecular complexity index is 642. The van der Waals surface area contributed by atoms with Gasteiger partial charge in [-0.2, -0.15) is 5.10 Å². The van der Waals surface area contributed by atoms with Crippen molar-refractivity contribution in [3.63, 3.8) is 0 Å². The summed E-state index contributed by atoms with van der Waals surface area (Å²) in [7, 11) is 1.79. The van der Waals surface area contributed by atoms with Crippen LogP contribution in [0, 0.1) is 0 Å². The second kappa shape index (κ2) is 7.39. The number of ether oxygens (including phenoxy) is 2. The molecule has 23 heavy (non-hydrogen) atoms. The summed E-state index contributed by atoms with van der Waals surface area (Å²) in [5.41, 5.74) is 1.66. The van der Waals surface area contributed by atoms with E-state index in [9.17, 15) is 4.79 Å². The smallest absolute Gasteiger partial charge is 0.254 e. The maximum atomic E-state index is 12.3. The zero-order valence-corrected chi connectivity index (χ0v) is 13.1. The third kappa shape index (κ3) is 4.18. The van der Waals surface area contributed by atoms with Gasteiger partial charge in [0.2, 0.25) is 0 Å². The molecule has 0 unspecified atom stereocenters. The van der Waals surface area contributed by atoms with Gasteiger partial charge in [0, 0.05) is 19.9 Å². The summed E-state index contributed by atoms with van der Waals surface area (Å²) in [4.78, 5) is 12.3. The molecule has 1 N–H and O–H groups in total. The first-order valence-electron chi connectivity index (χ1n) is 7.75. The molecule has 0 saturated carbocycles. The number of nitrogens with zero attached hydrogens (tertiary/aromatic N) is 2. The van der Waals surface area contributed by atoms with Crippen LogP contribution in [0.25, 0.3) is 0 Å². The van der Waals surface area contributed by atoms with Crippen LogP contribution in [-0.4, -0.2) is 41.0 Å². The van der Waals surface area contributed by atoms with Crippen LogP contribution in [0.1, 0.15) is 22.3 Å². The van der Waals surface area contributed by atoms with Crippen molar-refractivity contribution in [1.82, 2.24) is 15.1 Å². The number of aromatic nitrogens is 2. The van der Waals surface area contributed by atoms with E-state index in [1.807, 2.05) is 30.3 Å². The fraction of sp³-hybridized carbons (Fsp3) is 0.412. The maximum Gasteiger partial charge on any atom is 0.254 e. The van der Waals surface area contributed by atoms with E-state index in [4.69, 9.17) is 9.47 Å². The molecule has 6 nitrogen and oxygen atoms in total. The lowest BCUT2D eigenvalue weighted by atomic mass is 10.1. The zero-order valence-electron chi connectivity index (χ0n) is 13.1. The Balaban J connectivity index is 1.58. The SMILES string of the molecule is Cn1cc(C(=O)N[C@@H]2CCOC[C@H]2OCc2ccccc2)cn1. The quantitative estimate of drug-likeness (QED) is 0.908. The van der Waals surface area contributed by atoms with Gasteiger partial charge in [0.25, 0.3) is 5.91 Å². The van der Waals surface area contributed by atoms with Gasteiger partial charge in [-0.3, -0.25) is 9.48 Å². The highest BCUT2D eigenvalue weighted by Gasteiger charge is 2.28. The van der Waals surface area contributed by atoms with E-state index in [-0.39, 0.29) is 18.1 Å². The van der Waals surface area contributed by atoms with Gasteiger partial charge in [-0.1, -0.05) is 30.3 Å². The molecule has 1 fully saturated rings. The highest BCUT2D eigenvalue weighted by Crippen LogP contribution is 2.14. The molecule has 1 aliphatic rings. The van der Waals surface area contributed by atoms with E-state index in [0.29, 0.717) is 25.4 Å². The minimum Gasteiger partial charge on any atom is -0.379 e. The average molecular weight is 315 g/mol. The fourth-order valence-corrected chi connectivity index (χ4v) is 2.61. The first kappa shape index (κ1) is 15.7. The molecule has 2 heterocycles. The first-order valence-corrected chi connectivity index (χ1v) is 7.75. The van der Waals surface area contributed by atoms with Crippen LogP contribution in [0.5, 0.6) is 0 Å². The summed E-state index contributed by atoms with van der Waals surface area (Å²) in [5.74, 6) is -0.127. The Morgan fingerprint density at radius 2 is 2.26 bits per heavy atom. The summed E-state index contributed by atoms with van der Waals surface area (Å²) in [6.45, 7) is 1.63. The molecule has 1 aromatic carbocycles. The zero-order chi connectivity index (χ0) is 16.1. The number of nitrogens with one attached hydrogen (secondary N) is 1. The molecule has 0 aliphatic carbocycles. The number of rotatable bonds is 5. The van der Waals surface area contributed by atoms with E-state index < -0.39 is 0 Å². The Kier molecular flexibility index (Phi) is 5.05. The van der Waals surface area contributed by atoms with E-state index >= 15 is 0 Å². The number of amides is 1. The minimum atomic E-state index is -0.149. The van der Waals surface area contributed by atoms with Crippen LogP contribution in [0.2, 0.25) is 0 Å². The average Bonchev–Trinajstić information content (AvgIpc) is 3.02. The molecule has 0 spiro atoms. The highest BCUT2D eigenvalue weighted by molar-refractivity contribution is 5.93. The standard InChI is InChI=1S/C17H21N3O3/c1-20-10-14(9-18-20)17(21)19-15-7-8-22-12-16(15)23-11-13-5-3-2-4-6-13/h2-6,9-10,15-16H,7-8,11-12H2,1H3,(H,19,21)/t15-,16-/m1/s1. The molecule has 1 saturated heterocycles. The summed E-state index contributed by atoms with van der Waals surface area (Å²) < 4.78 is 13.1. The van der Waals surface area contributed by atoms with E-state index in [1.165, 1.54) is 0 Å². The third-order valence-corrected chi connectivity index (χ3v) is 3.89.